The minimum Gasteiger partial charge on any atom is -0.503 e. The minimum absolute atomic E-state index is 0.0424. The zero-order valence-electron chi connectivity index (χ0n) is 16.3. The summed E-state index contributed by atoms with van der Waals surface area (Å²) >= 11 is 0. The van der Waals surface area contributed by atoms with Crippen LogP contribution in [-0.2, 0) is 9.59 Å². The van der Waals surface area contributed by atoms with Gasteiger partial charge >= 0.3 is 0 Å². The van der Waals surface area contributed by atoms with E-state index in [1.54, 1.807) is 18.7 Å². The number of aliphatic hydroxyl groups is 1. The normalized spacial score (nSPS) is 17.6. The zero-order chi connectivity index (χ0) is 19.4. The highest BCUT2D eigenvalue weighted by Crippen LogP contribution is 2.42. The quantitative estimate of drug-likeness (QED) is 0.755. The standard InChI is InChI=1S/C21H29NO4/c1-6-7-12-22-18(15-10-8-9-11-16(15)26-14(4)5)17(19(23)13(2)3)20(24)21(22)25/h8-11,13-14,18,24H,6-7,12H2,1-5H3. The van der Waals surface area contributed by atoms with Crippen LogP contribution in [0.25, 0.3) is 0 Å². The number of para-hydroxylation sites is 1. The lowest BCUT2D eigenvalue weighted by Gasteiger charge is -2.29. The van der Waals surface area contributed by atoms with Gasteiger partial charge in [0.15, 0.2) is 11.5 Å². The molecule has 1 amide bonds. The fourth-order valence-corrected chi connectivity index (χ4v) is 3.17. The van der Waals surface area contributed by atoms with Gasteiger partial charge in [-0.2, -0.15) is 0 Å². The summed E-state index contributed by atoms with van der Waals surface area (Å²) in [6.07, 6.45) is 1.67. The molecule has 5 nitrogen and oxygen atoms in total. The van der Waals surface area contributed by atoms with Crippen LogP contribution in [0.3, 0.4) is 0 Å². The monoisotopic (exact) mass is 359 g/mol. The molecule has 0 bridgehead atoms. The second-order valence-electron chi connectivity index (χ2n) is 7.24. The highest BCUT2D eigenvalue weighted by Gasteiger charge is 2.44. The second-order valence-corrected chi connectivity index (χ2v) is 7.24. The van der Waals surface area contributed by atoms with E-state index < -0.39 is 17.7 Å². The molecule has 0 fully saturated rings. The number of Topliss-reactive ketones (excluding diaryl/α,β-unsaturated/α-hetero) is 1. The van der Waals surface area contributed by atoms with Crippen LogP contribution in [0.4, 0.5) is 0 Å². The molecule has 1 aliphatic rings. The van der Waals surface area contributed by atoms with E-state index in [1.165, 1.54) is 0 Å². The van der Waals surface area contributed by atoms with Gasteiger partial charge in [0.1, 0.15) is 5.75 Å². The maximum absolute atomic E-state index is 12.8. The van der Waals surface area contributed by atoms with E-state index in [9.17, 15) is 14.7 Å². The second kappa shape index (κ2) is 8.39. The third kappa shape index (κ3) is 3.92. The Kier molecular flexibility index (Phi) is 6.46. The predicted octanol–water partition coefficient (Wildman–Crippen LogP) is 4.19. The highest BCUT2D eigenvalue weighted by molar-refractivity contribution is 6.09. The molecule has 0 saturated heterocycles. The summed E-state index contributed by atoms with van der Waals surface area (Å²) in [6.45, 7) is 9.93. The van der Waals surface area contributed by atoms with Crippen molar-refractivity contribution < 1.29 is 19.4 Å². The Morgan fingerprint density at radius 2 is 1.88 bits per heavy atom. The van der Waals surface area contributed by atoms with Gasteiger partial charge in [-0.15, -0.1) is 0 Å². The van der Waals surface area contributed by atoms with Crippen LogP contribution in [0.1, 0.15) is 59.1 Å². The van der Waals surface area contributed by atoms with E-state index in [0.29, 0.717) is 12.3 Å². The number of ketones is 1. The van der Waals surface area contributed by atoms with E-state index in [1.807, 2.05) is 45.0 Å². The van der Waals surface area contributed by atoms with Gasteiger partial charge < -0.3 is 14.7 Å². The van der Waals surface area contributed by atoms with Crippen molar-refractivity contribution >= 4 is 11.7 Å². The van der Waals surface area contributed by atoms with E-state index in [-0.39, 0.29) is 23.4 Å². The molecule has 0 saturated carbocycles. The van der Waals surface area contributed by atoms with Gasteiger partial charge in [-0.3, -0.25) is 9.59 Å². The molecule has 0 aliphatic carbocycles. The Labute approximate surface area is 155 Å². The molecule has 142 valence electrons. The van der Waals surface area contributed by atoms with Gasteiger partial charge in [-0.1, -0.05) is 45.4 Å². The summed E-state index contributed by atoms with van der Waals surface area (Å²) in [5, 5.41) is 10.5. The highest BCUT2D eigenvalue weighted by atomic mass is 16.5. The van der Waals surface area contributed by atoms with Gasteiger partial charge in [0, 0.05) is 18.0 Å². The number of carbonyl (C=O) groups is 2. The first-order valence-corrected chi connectivity index (χ1v) is 9.33. The number of amides is 1. The van der Waals surface area contributed by atoms with Crippen LogP contribution < -0.4 is 4.74 Å². The maximum atomic E-state index is 12.8. The molecular formula is C21H29NO4. The van der Waals surface area contributed by atoms with E-state index in [0.717, 1.165) is 18.4 Å². The van der Waals surface area contributed by atoms with E-state index >= 15 is 0 Å². The number of hydrogen-bond donors (Lipinski definition) is 1. The topological polar surface area (TPSA) is 66.8 Å². The van der Waals surface area contributed by atoms with Crippen LogP contribution in [0, 0.1) is 5.92 Å². The number of benzene rings is 1. The number of unbranched alkanes of at least 4 members (excludes halogenated alkanes) is 1. The number of hydrogen-bond acceptors (Lipinski definition) is 4. The van der Waals surface area contributed by atoms with Gasteiger partial charge in [0.2, 0.25) is 0 Å². The largest absolute Gasteiger partial charge is 0.503 e. The average molecular weight is 359 g/mol. The summed E-state index contributed by atoms with van der Waals surface area (Å²) in [5.41, 5.74) is 0.916. The third-order valence-electron chi connectivity index (χ3n) is 4.42. The van der Waals surface area contributed by atoms with E-state index in [2.05, 4.69) is 0 Å². The maximum Gasteiger partial charge on any atom is 0.290 e. The number of carbonyl (C=O) groups excluding carboxylic acids is 2. The molecule has 1 N–H and O–H groups in total. The summed E-state index contributed by atoms with van der Waals surface area (Å²) in [4.78, 5) is 27.1. The van der Waals surface area contributed by atoms with Crippen molar-refractivity contribution in [2.45, 2.75) is 59.6 Å². The predicted molar refractivity (Wildman–Crippen MR) is 101 cm³/mol. The zero-order valence-corrected chi connectivity index (χ0v) is 16.3. The third-order valence-corrected chi connectivity index (χ3v) is 4.42. The molecule has 1 aromatic carbocycles. The first-order chi connectivity index (χ1) is 12.3. The molecule has 5 heteroatoms. The fourth-order valence-electron chi connectivity index (χ4n) is 3.17. The summed E-state index contributed by atoms with van der Waals surface area (Å²) in [6, 6.07) is 6.81. The molecule has 1 aromatic rings. The first-order valence-electron chi connectivity index (χ1n) is 9.33. The molecule has 1 heterocycles. The molecule has 0 aromatic heterocycles. The number of ether oxygens (including phenoxy) is 1. The van der Waals surface area contributed by atoms with E-state index in [4.69, 9.17) is 4.74 Å². The SMILES string of the molecule is CCCCN1C(=O)C(O)=C(C(=O)C(C)C)C1c1ccccc1OC(C)C. The minimum atomic E-state index is -0.612. The van der Waals surface area contributed by atoms with Gasteiger partial charge in [0.25, 0.3) is 5.91 Å². The Morgan fingerprint density at radius 1 is 1.23 bits per heavy atom. The Bertz CT molecular complexity index is 706. The number of rotatable bonds is 8. The molecule has 2 rings (SSSR count). The van der Waals surface area contributed by atoms with Crippen molar-refractivity contribution in [1.29, 1.82) is 0 Å². The summed E-state index contributed by atoms with van der Waals surface area (Å²) in [7, 11) is 0. The Hall–Kier alpha value is -2.30. The number of nitrogens with zero attached hydrogens (tertiary/aromatic N) is 1. The Balaban J connectivity index is 2.58. The molecule has 1 aliphatic heterocycles. The molecule has 0 spiro atoms. The molecule has 1 unspecified atom stereocenters. The van der Waals surface area contributed by atoms with Gasteiger partial charge in [0.05, 0.1) is 17.7 Å². The van der Waals surface area contributed by atoms with Crippen LogP contribution >= 0.6 is 0 Å². The van der Waals surface area contributed by atoms with Crippen molar-refractivity contribution in [1.82, 2.24) is 4.90 Å². The Morgan fingerprint density at radius 3 is 2.46 bits per heavy atom. The fraction of sp³-hybridized carbons (Fsp3) is 0.524. The molecule has 0 radical (unpaired) electrons. The van der Waals surface area contributed by atoms with Gasteiger partial charge in [-0.25, -0.2) is 0 Å². The van der Waals surface area contributed by atoms with Crippen molar-refractivity contribution in [2.75, 3.05) is 6.54 Å². The van der Waals surface area contributed by atoms with Crippen LogP contribution in [0.5, 0.6) is 5.75 Å². The first kappa shape index (κ1) is 20.0. The van der Waals surface area contributed by atoms with Crippen LogP contribution in [0.2, 0.25) is 0 Å². The lowest BCUT2D eigenvalue weighted by molar-refractivity contribution is -0.129. The average Bonchev–Trinajstić information content (AvgIpc) is 2.83. The van der Waals surface area contributed by atoms with Gasteiger partial charge in [-0.05, 0) is 26.3 Å². The van der Waals surface area contributed by atoms with Crippen LogP contribution in [0.15, 0.2) is 35.6 Å². The van der Waals surface area contributed by atoms with Crippen molar-refractivity contribution in [3.8, 4) is 5.75 Å². The molecule has 26 heavy (non-hydrogen) atoms. The van der Waals surface area contributed by atoms with Crippen LogP contribution in [-0.4, -0.2) is 34.3 Å². The summed E-state index contributed by atoms with van der Waals surface area (Å²) in [5.74, 6) is -0.799. The van der Waals surface area contributed by atoms with Crippen molar-refractivity contribution in [3.63, 3.8) is 0 Å². The lowest BCUT2D eigenvalue weighted by atomic mass is 9.90. The molecular weight excluding hydrogens is 330 g/mol. The lowest BCUT2D eigenvalue weighted by Crippen LogP contribution is -2.32. The van der Waals surface area contributed by atoms with Crippen molar-refractivity contribution in [2.24, 2.45) is 5.92 Å². The summed E-state index contributed by atoms with van der Waals surface area (Å²) < 4.78 is 5.92. The molecule has 1 atom stereocenters. The smallest absolute Gasteiger partial charge is 0.290 e. The van der Waals surface area contributed by atoms with Crippen molar-refractivity contribution in [3.05, 3.63) is 41.2 Å². The number of aliphatic hydroxyl groups excluding tert-OH is 1.